The largest absolute Gasteiger partial charge is 0.350 e. The Morgan fingerprint density at radius 1 is 1.32 bits per heavy atom. The molecule has 0 N–H and O–H groups in total. The van der Waals surface area contributed by atoms with Crippen LogP contribution in [0.3, 0.4) is 0 Å². The number of carbonyl (C=O) groups is 1. The molecule has 3 rings (SSSR count). The lowest BCUT2D eigenvalue weighted by Gasteiger charge is -2.01. The molecule has 0 saturated heterocycles. The number of hydrogen-bond acceptors (Lipinski definition) is 4. The lowest BCUT2D eigenvalue weighted by molar-refractivity contribution is 0.102. The van der Waals surface area contributed by atoms with E-state index in [0.29, 0.717) is 16.2 Å². The molecular weight excluding hydrogens is 294 g/mol. The smallest absolute Gasteiger partial charge is 0.175 e. The maximum Gasteiger partial charge on any atom is 0.175 e. The van der Waals surface area contributed by atoms with Gasteiger partial charge in [-0.25, -0.2) is 4.98 Å². The lowest BCUT2D eigenvalue weighted by atomic mass is 10.1. The van der Waals surface area contributed by atoms with Crippen LogP contribution in [0.2, 0.25) is 0 Å². The Kier molecular flexibility index (Phi) is 3.94. The fraction of sp³-hybridized carbons (Fsp3) is 0.118. The number of pyridine rings is 1. The third-order valence-corrected chi connectivity index (χ3v) is 4.43. The van der Waals surface area contributed by atoms with Crippen molar-refractivity contribution in [2.75, 3.05) is 5.75 Å². The fourth-order valence-corrected chi connectivity index (χ4v) is 3.19. The van der Waals surface area contributed by atoms with Crippen LogP contribution in [-0.2, 0) is 7.05 Å². The molecular formula is C17H13N3OS. The summed E-state index contributed by atoms with van der Waals surface area (Å²) in [6.45, 7) is 0. The van der Waals surface area contributed by atoms with E-state index < -0.39 is 0 Å². The van der Waals surface area contributed by atoms with E-state index in [1.807, 2.05) is 42.1 Å². The van der Waals surface area contributed by atoms with Gasteiger partial charge in [0.1, 0.15) is 11.1 Å². The summed E-state index contributed by atoms with van der Waals surface area (Å²) in [7, 11) is 1.93. The van der Waals surface area contributed by atoms with Crippen LogP contribution in [0.15, 0.2) is 53.8 Å². The molecule has 1 aromatic carbocycles. The van der Waals surface area contributed by atoms with Gasteiger partial charge in [-0.3, -0.25) is 4.79 Å². The van der Waals surface area contributed by atoms with Crippen molar-refractivity contribution in [2.45, 2.75) is 5.03 Å². The van der Waals surface area contributed by atoms with Gasteiger partial charge in [-0.15, -0.1) is 0 Å². The molecule has 0 saturated carbocycles. The van der Waals surface area contributed by atoms with Gasteiger partial charge < -0.3 is 4.57 Å². The number of nitrogens with zero attached hydrogens (tertiary/aromatic N) is 3. The highest BCUT2D eigenvalue weighted by Gasteiger charge is 2.15. The predicted molar refractivity (Wildman–Crippen MR) is 86.9 cm³/mol. The first-order valence-electron chi connectivity index (χ1n) is 6.76. The molecule has 0 aliphatic carbocycles. The predicted octanol–water partition coefficient (Wildman–Crippen LogP) is 3.42. The molecule has 2 heterocycles. The molecule has 0 unspecified atom stereocenters. The van der Waals surface area contributed by atoms with Crippen LogP contribution in [0.5, 0.6) is 0 Å². The number of carbonyl (C=O) groups excluding carboxylic acids is 1. The summed E-state index contributed by atoms with van der Waals surface area (Å²) in [5.41, 5.74) is 2.24. The van der Waals surface area contributed by atoms with E-state index in [4.69, 9.17) is 5.26 Å². The van der Waals surface area contributed by atoms with Crippen molar-refractivity contribution < 1.29 is 4.79 Å². The van der Waals surface area contributed by atoms with Crippen LogP contribution >= 0.6 is 11.8 Å². The minimum absolute atomic E-state index is 0.0383. The lowest BCUT2D eigenvalue weighted by Crippen LogP contribution is -2.02. The zero-order valence-corrected chi connectivity index (χ0v) is 12.8. The number of thioether (sulfide) groups is 1. The summed E-state index contributed by atoms with van der Waals surface area (Å²) < 4.78 is 1.95. The molecule has 0 aliphatic rings. The standard InChI is InChI=1S/C17H13N3OS/c1-20-10-14(13-6-2-3-7-15(13)20)16(21)11-22-17-12(9-18)5-4-8-19-17/h2-8,10H,11H2,1H3. The minimum Gasteiger partial charge on any atom is -0.350 e. The zero-order chi connectivity index (χ0) is 15.5. The first kappa shape index (κ1) is 14.4. The van der Waals surface area contributed by atoms with Gasteiger partial charge in [0.2, 0.25) is 0 Å². The summed E-state index contributed by atoms with van der Waals surface area (Å²) in [6.07, 6.45) is 3.49. The van der Waals surface area contributed by atoms with Gasteiger partial charge in [-0.2, -0.15) is 5.26 Å². The third kappa shape index (κ3) is 2.61. The number of aromatic nitrogens is 2. The Bertz CT molecular complexity index is 892. The van der Waals surface area contributed by atoms with Gasteiger partial charge in [0.25, 0.3) is 0 Å². The van der Waals surface area contributed by atoms with Crippen LogP contribution in [0.25, 0.3) is 10.9 Å². The van der Waals surface area contributed by atoms with Crippen molar-refractivity contribution in [1.82, 2.24) is 9.55 Å². The van der Waals surface area contributed by atoms with Crippen LogP contribution in [0, 0.1) is 11.3 Å². The first-order valence-corrected chi connectivity index (χ1v) is 7.74. The molecule has 0 fully saturated rings. The quantitative estimate of drug-likeness (QED) is 0.547. The molecule has 108 valence electrons. The number of Topliss-reactive ketones (excluding diaryl/α,β-unsaturated/α-hetero) is 1. The maximum atomic E-state index is 12.5. The zero-order valence-electron chi connectivity index (χ0n) is 12.0. The number of benzene rings is 1. The second-order valence-corrected chi connectivity index (χ2v) is 5.81. The number of nitriles is 1. The van der Waals surface area contributed by atoms with E-state index in [1.165, 1.54) is 11.8 Å². The van der Waals surface area contributed by atoms with Gasteiger partial charge in [0.05, 0.1) is 11.3 Å². The van der Waals surface area contributed by atoms with Gasteiger partial charge in [-0.1, -0.05) is 30.0 Å². The molecule has 2 aromatic heterocycles. The van der Waals surface area contributed by atoms with E-state index in [0.717, 1.165) is 10.9 Å². The Hall–Kier alpha value is -2.58. The molecule has 22 heavy (non-hydrogen) atoms. The summed E-state index contributed by atoms with van der Waals surface area (Å²) in [5, 5.41) is 10.6. The van der Waals surface area contributed by atoms with Gasteiger partial charge in [0.15, 0.2) is 5.78 Å². The topological polar surface area (TPSA) is 58.7 Å². The molecule has 0 radical (unpaired) electrons. The summed E-state index contributed by atoms with van der Waals surface area (Å²) in [5.74, 6) is 0.302. The Morgan fingerprint density at radius 2 is 2.14 bits per heavy atom. The van der Waals surface area contributed by atoms with Gasteiger partial charge >= 0.3 is 0 Å². The summed E-state index contributed by atoms with van der Waals surface area (Å²) >= 11 is 1.30. The molecule has 0 aliphatic heterocycles. The molecule has 5 heteroatoms. The molecule has 0 bridgehead atoms. The number of aryl methyl sites for hydroxylation is 1. The Balaban J connectivity index is 1.84. The van der Waals surface area contributed by atoms with E-state index in [1.54, 1.807) is 18.3 Å². The summed E-state index contributed by atoms with van der Waals surface area (Å²) in [4.78, 5) is 16.7. The number of ketones is 1. The number of rotatable bonds is 4. The van der Waals surface area contributed by atoms with Crippen molar-refractivity contribution in [2.24, 2.45) is 7.05 Å². The average Bonchev–Trinajstić information content (AvgIpc) is 2.90. The molecule has 0 amide bonds. The molecule has 0 atom stereocenters. The highest BCUT2D eigenvalue weighted by atomic mass is 32.2. The highest BCUT2D eigenvalue weighted by molar-refractivity contribution is 8.00. The Labute approximate surface area is 132 Å². The van der Waals surface area contributed by atoms with Crippen LogP contribution in [-0.4, -0.2) is 21.1 Å². The maximum absolute atomic E-state index is 12.5. The number of para-hydroxylation sites is 1. The third-order valence-electron chi connectivity index (χ3n) is 3.43. The second-order valence-electron chi connectivity index (χ2n) is 4.85. The molecule has 0 spiro atoms. The van der Waals surface area contributed by atoms with Crippen molar-refractivity contribution >= 4 is 28.4 Å². The van der Waals surface area contributed by atoms with E-state index in [2.05, 4.69) is 11.1 Å². The van der Waals surface area contributed by atoms with Gasteiger partial charge in [0, 0.05) is 35.9 Å². The molecule has 4 nitrogen and oxygen atoms in total. The Morgan fingerprint density at radius 3 is 2.95 bits per heavy atom. The van der Waals surface area contributed by atoms with Crippen molar-refractivity contribution in [3.05, 3.63) is 59.9 Å². The van der Waals surface area contributed by atoms with Crippen molar-refractivity contribution in [3.8, 4) is 6.07 Å². The SMILES string of the molecule is Cn1cc(C(=O)CSc2ncccc2C#N)c2ccccc21. The van der Waals surface area contributed by atoms with E-state index >= 15 is 0 Å². The first-order chi connectivity index (χ1) is 10.7. The molecule has 3 aromatic rings. The van der Waals surface area contributed by atoms with Crippen molar-refractivity contribution in [3.63, 3.8) is 0 Å². The van der Waals surface area contributed by atoms with Gasteiger partial charge in [-0.05, 0) is 18.2 Å². The number of fused-ring (bicyclic) bond motifs is 1. The number of hydrogen-bond donors (Lipinski definition) is 0. The highest BCUT2D eigenvalue weighted by Crippen LogP contribution is 2.24. The van der Waals surface area contributed by atoms with E-state index in [-0.39, 0.29) is 11.5 Å². The van der Waals surface area contributed by atoms with Crippen LogP contribution in [0.1, 0.15) is 15.9 Å². The normalized spacial score (nSPS) is 10.5. The van der Waals surface area contributed by atoms with Crippen molar-refractivity contribution in [1.29, 1.82) is 5.26 Å². The second kappa shape index (κ2) is 6.04. The minimum atomic E-state index is 0.0383. The fourth-order valence-electron chi connectivity index (χ4n) is 2.37. The summed E-state index contributed by atoms with van der Waals surface area (Å²) in [6, 6.07) is 13.3. The average molecular weight is 307 g/mol. The monoisotopic (exact) mass is 307 g/mol. The van der Waals surface area contributed by atoms with Crippen LogP contribution < -0.4 is 0 Å². The van der Waals surface area contributed by atoms with Crippen LogP contribution in [0.4, 0.5) is 0 Å². The van der Waals surface area contributed by atoms with E-state index in [9.17, 15) is 4.79 Å².